The Morgan fingerprint density at radius 2 is 1.80 bits per heavy atom. The number of aryl methyl sites for hydroxylation is 1. The SMILES string of the molecule is Cc1c[c]c(F)c(F)c1F. The zero-order chi connectivity index (χ0) is 7.72. The molecule has 3 heteroatoms. The molecule has 0 saturated carbocycles. The fourth-order valence-electron chi connectivity index (χ4n) is 0.568. The third-order valence-corrected chi connectivity index (χ3v) is 1.15. The molecule has 0 aromatic heterocycles. The second-order valence-corrected chi connectivity index (χ2v) is 1.91. The second-order valence-electron chi connectivity index (χ2n) is 1.91. The lowest BCUT2D eigenvalue weighted by atomic mass is 10.2. The molecule has 0 aliphatic carbocycles. The average molecular weight is 145 g/mol. The zero-order valence-corrected chi connectivity index (χ0v) is 5.21. The van der Waals surface area contributed by atoms with Gasteiger partial charge in [0.05, 0.1) is 0 Å². The molecule has 10 heavy (non-hydrogen) atoms. The van der Waals surface area contributed by atoms with Crippen LogP contribution in [0, 0.1) is 30.4 Å². The van der Waals surface area contributed by atoms with E-state index in [1.54, 1.807) is 0 Å². The van der Waals surface area contributed by atoms with E-state index < -0.39 is 17.5 Å². The van der Waals surface area contributed by atoms with Gasteiger partial charge in [-0.2, -0.15) is 0 Å². The lowest BCUT2D eigenvalue weighted by molar-refractivity contribution is 0.442. The zero-order valence-electron chi connectivity index (χ0n) is 5.21. The van der Waals surface area contributed by atoms with Crippen molar-refractivity contribution in [2.45, 2.75) is 6.92 Å². The fraction of sp³-hybridized carbons (Fsp3) is 0.143. The van der Waals surface area contributed by atoms with Crippen LogP contribution in [0.3, 0.4) is 0 Å². The molecule has 0 bridgehead atoms. The highest BCUT2D eigenvalue weighted by Crippen LogP contribution is 2.12. The van der Waals surface area contributed by atoms with E-state index in [-0.39, 0.29) is 5.56 Å². The van der Waals surface area contributed by atoms with E-state index in [2.05, 4.69) is 0 Å². The predicted octanol–water partition coefficient (Wildman–Crippen LogP) is 2.21. The Labute approximate surface area is 56.3 Å². The first-order valence-electron chi connectivity index (χ1n) is 2.64. The molecule has 0 N–H and O–H groups in total. The monoisotopic (exact) mass is 145 g/mol. The number of halogens is 3. The Morgan fingerprint density at radius 3 is 2.30 bits per heavy atom. The predicted molar refractivity (Wildman–Crippen MR) is 29.9 cm³/mol. The van der Waals surface area contributed by atoms with Gasteiger partial charge in [0.1, 0.15) is 0 Å². The van der Waals surface area contributed by atoms with Gasteiger partial charge in [0.15, 0.2) is 17.5 Å². The first-order chi connectivity index (χ1) is 4.63. The van der Waals surface area contributed by atoms with Crippen molar-refractivity contribution in [1.29, 1.82) is 0 Å². The Kier molecular flexibility index (Phi) is 1.66. The molecule has 0 unspecified atom stereocenters. The van der Waals surface area contributed by atoms with Gasteiger partial charge < -0.3 is 0 Å². The molecule has 1 aromatic rings. The van der Waals surface area contributed by atoms with Crippen molar-refractivity contribution in [3.63, 3.8) is 0 Å². The first kappa shape index (κ1) is 7.12. The summed E-state index contributed by atoms with van der Waals surface area (Å²) in [6, 6.07) is 2.99. The summed E-state index contributed by atoms with van der Waals surface area (Å²) in [6.07, 6.45) is 0. The summed E-state index contributed by atoms with van der Waals surface area (Å²) in [7, 11) is 0. The van der Waals surface area contributed by atoms with Crippen molar-refractivity contribution < 1.29 is 13.2 Å². The number of hydrogen-bond donors (Lipinski definition) is 0. The molecule has 0 aliphatic rings. The fourth-order valence-corrected chi connectivity index (χ4v) is 0.568. The lowest BCUT2D eigenvalue weighted by Gasteiger charge is -1.95. The molecule has 0 aliphatic heterocycles. The van der Waals surface area contributed by atoms with E-state index in [0.717, 1.165) is 6.07 Å². The van der Waals surface area contributed by atoms with Crippen LogP contribution in [0.25, 0.3) is 0 Å². The molecule has 0 heterocycles. The van der Waals surface area contributed by atoms with Crippen molar-refractivity contribution in [2.24, 2.45) is 0 Å². The molecule has 0 saturated heterocycles. The van der Waals surface area contributed by atoms with Gasteiger partial charge in [0.2, 0.25) is 0 Å². The van der Waals surface area contributed by atoms with E-state index in [1.165, 1.54) is 6.92 Å². The van der Waals surface area contributed by atoms with E-state index in [1.807, 2.05) is 6.07 Å². The summed E-state index contributed by atoms with van der Waals surface area (Å²) in [5.74, 6) is -3.88. The molecular formula is C7H4F3. The third-order valence-electron chi connectivity index (χ3n) is 1.15. The number of hydrogen-bond acceptors (Lipinski definition) is 0. The smallest absolute Gasteiger partial charge is 0.195 e. The molecule has 0 amide bonds. The Balaban J connectivity index is 3.34. The summed E-state index contributed by atoms with van der Waals surface area (Å²) < 4.78 is 36.7. The molecule has 1 aromatic carbocycles. The normalized spacial score (nSPS) is 10.0. The van der Waals surface area contributed by atoms with Crippen LogP contribution in [0.5, 0.6) is 0 Å². The van der Waals surface area contributed by atoms with Gasteiger partial charge in [0, 0.05) is 6.07 Å². The molecule has 0 atom stereocenters. The average Bonchev–Trinajstić information content (AvgIpc) is 1.93. The molecule has 53 valence electrons. The van der Waals surface area contributed by atoms with E-state index in [9.17, 15) is 13.2 Å². The molecule has 0 spiro atoms. The molecule has 0 nitrogen and oxygen atoms in total. The van der Waals surface area contributed by atoms with Gasteiger partial charge in [-0.05, 0) is 18.6 Å². The molecule has 1 radical (unpaired) electrons. The van der Waals surface area contributed by atoms with Gasteiger partial charge in [0.25, 0.3) is 0 Å². The number of benzene rings is 1. The Morgan fingerprint density at radius 1 is 1.20 bits per heavy atom. The minimum Gasteiger partial charge on any atom is -0.203 e. The van der Waals surface area contributed by atoms with Gasteiger partial charge in [-0.25, -0.2) is 13.2 Å². The van der Waals surface area contributed by atoms with Gasteiger partial charge >= 0.3 is 0 Å². The van der Waals surface area contributed by atoms with Crippen molar-refractivity contribution in [3.05, 3.63) is 35.1 Å². The van der Waals surface area contributed by atoms with Crippen LogP contribution in [0.4, 0.5) is 13.2 Å². The third kappa shape index (κ3) is 0.988. The maximum Gasteiger partial charge on any atom is 0.195 e. The van der Waals surface area contributed by atoms with E-state index >= 15 is 0 Å². The minimum absolute atomic E-state index is 0.0545. The highest BCUT2D eigenvalue weighted by Gasteiger charge is 2.09. The van der Waals surface area contributed by atoms with Crippen molar-refractivity contribution in [2.75, 3.05) is 0 Å². The molecular weight excluding hydrogens is 141 g/mol. The summed E-state index contributed by atoms with van der Waals surface area (Å²) in [5, 5.41) is 0. The second kappa shape index (κ2) is 2.33. The summed E-state index contributed by atoms with van der Waals surface area (Å²) in [4.78, 5) is 0. The maximum absolute atomic E-state index is 12.4. The highest BCUT2D eigenvalue weighted by molar-refractivity contribution is 5.17. The van der Waals surface area contributed by atoms with Crippen LogP contribution < -0.4 is 0 Å². The van der Waals surface area contributed by atoms with Crippen LogP contribution >= 0.6 is 0 Å². The maximum atomic E-state index is 12.4. The quantitative estimate of drug-likeness (QED) is 0.491. The highest BCUT2D eigenvalue weighted by atomic mass is 19.2. The topological polar surface area (TPSA) is 0 Å². The van der Waals surface area contributed by atoms with Crippen molar-refractivity contribution >= 4 is 0 Å². The molecule has 1 rings (SSSR count). The van der Waals surface area contributed by atoms with Crippen LogP contribution in [0.1, 0.15) is 5.56 Å². The number of rotatable bonds is 0. The first-order valence-corrected chi connectivity index (χ1v) is 2.64. The largest absolute Gasteiger partial charge is 0.203 e. The summed E-state index contributed by atoms with van der Waals surface area (Å²) in [5.41, 5.74) is 0.0545. The lowest BCUT2D eigenvalue weighted by Crippen LogP contribution is -1.92. The Hall–Kier alpha value is -0.990. The standard InChI is InChI=1S/C7H4F3/c1-4-2-3-5(8)7(10)6(4)9/h2H,1H3. The van der Waals surface area contributed by atoms with E-state index in [0.29, 0.717) is 0 Å². The minimum atomic E-state index is -1.46. The van der Waals surface area contributed by atoms with Gasteiger partial charge in [-0.15, -0.1) is 0 Å². The van der Waals surface area contributed by atoms with Gasteiger partial charge in [-0.3, -0.25) is 0 Å². The van der Waals surface area contributed by atoms with Crippen molar-refractivity contribution in [1.82, 2.24) is 0 Å². The Bertz CT molecular complexity index is 228. The molecule has 0 fully saturated rings. The van der Waals surface area contributed by atoms with Crippen LogP contribution in [0.2, 0.25) is 0 Å². The van der Waals surface area contributed by atoms with Crippen LogP contribution in [0.15, 0.2) is 6.07 Å². The summed E-state index contributed by atoms with van der Waals surface area (Å²) >= 11 is 0. The van der Waals surface area contributed by atoms with Crippen LogP contribution in [-0.2, 0) is 0 Å². The van der Waals surface area contributed by atoms with Crippen LogP contribution in [-0.4, -0.2) is 0 Å². The summed E-state index contributed by atoms with van der Waals surface area (Å²) in [6.45, 7) is 1.34. The van der Waals surface area contributed by atoms with Gasteiger partial charge in [-0.1, -0.05) is 0 Å². The van der Waals surface area contributed by atoms with Crippen molar-refractivity contribution in [3.8, 4) is 0 Å². The van der Waals surface area contributed by atoms with E-state index in [4.69, 9.17) is 0 Å².